The van der Waals surface area contributed by atoms with Crippen molar-refractivity contribution in [2.75, 3.05) is 23.9 Å². The smallest absolute Gasteiger partial charge is 0.222 e. The Balaban J connectivity index is 2.68. The van der Waals surface area contributed by atoms with Gasteiger partial charge in [0.25, 0.3) is 0 Å². The number of amides is 1. The highest BCUT2D eigenvalue weighted by Crippen LogP contribution is 2.26. The van der Waals surface area contributed by atoms with Gasteiger partial charge >= 0.3 is 0 Å². The van der Waals surface area contributed by atoms with Gasteiger partial charge in [0.1, 0.15) is 0 Å². The molecule has 0 atom stereocenters. The highest BCUT2D eigenvalue weighted by molar-refractivity contribution is 7.90. The summed E-state index contributed by atoms with van der Waals surface area (Å²) in [6.45, 7) is 6.10. The third-order valence-electron chi connectivity index (χ3n) is 2.65. The molecule has 0 aromatic heterocycles. The number of hydrogen-bond acceptors (Lipinski definition) is 5. The minimum atomic E-state index is -3.37. The fraction of sp³-hybridized carbons (Fsp3) is 0.500. The number of rotatable bonds is 5. The van der Waals surface area contributed by atoms with Crippen molar-refractivity contribution in [3.8, 4) is 0 Å². The molecule has 21 heavy (non-hydrogen) atoms. The van der Waals surface area contributed by atoms with Crippen LogP contribution in [0.25, 0.3) is 0 Å². The lowest BCUT2D eigenvalue weighted by atomic mass is 10.1. The van der Waals surface area contributed by atoms with E-state index in [9.17, 15) is 13.2 Å². The molecule has 1 aromatic rings. The summed E-state index contributed by atoms with van der Waals surface area (Å²) in [5.74, 6) is -0.0761. The summed E-state index contributed by atoms with van der Waals surface area (Å²) in [4.78, 5) is 11.8. The summed E-state index contributed by atoms with van der Waals surface area (Å²) in [7, 11) is -3.37. The van der Waals surface area contributed by atoms with Gasteiger partial charge in [-0.1, -0.05) is 6.07 Å². The molecule has 0 bridgehead atoms. The van der Waals surface area contributed by atoms with Gasteiger partial charge in [-0.2, -0.15) is 0 Å². The van der Waals surface area contributed by atoms with Gasteiger partial charge in [-0.05, 0) is 32.9 Å². The molecular weight excluding hydrogens is 290 g/mol. The van der Waals surface area contributed by atoms with Gasteiger partial charge in [0.2, 0.25) is 5.91 Å². The maximum absolute atomic E-state index is 11.7. The molecule has 0 unspecified atom stereocenters. The second-order valence-electron chi connectivity index (χ2n) is 5.96. The van der Waals surface area contributed by atoms with Crippen molar-refractivity contribution in [2.24, 2.45) is 0 Å². The highest BCUT2D eigenvalue weighted by atomic mass is 32.2. The molecule has 1 rings (SSSR count). The molecule has 6 nitrogen and oxygen atoms in total. The minimum absolute atomic E-state index is 0.0761. The maximum Gasteiger partial charge on any atom is 0.222 e. The first-order chi connectivity index (χ1) is 9.50. The largest absolute Gasteiger partial charge is 0.396 e. The number of anilines is 2. The average molecular weight is 313 g/mol. The van der Waals surface area contributed by atoms with E-state index in [1.165, 1.54) is 6.07 Å². The van der Waals surface area contributed by atoms with Gasteiger partial charge in [0.15, 0.2) is 9.84 Å². The molecule has 4 N–H and O–H groups in total. The standard InChI is InChI=1S/C14H23N3O3S/c1-14(2,3)17-12(18)8-9-16-10-6-5-7-11(13(10)15)21(4,19)20/h5-7,16H,8-9,15H2,1-4H3,(H,17,18). The molecule has 1 aromatic carbocycles. The van der Waals surface area contributed by atoms with Gasteiger partial charge in [-0.25, -0.2) is 8.42 Å². The Morgan fingerprint density at radius 3 is 2.43 bits per heavy atom. The monoisotopic (exact) mass is 313 g/mol. The van der Waals surface area contributed by atoms with E-state index in [-0.39, 0.29) is 28.4 Å². The van der Waals surface area contributed by atoms with Crippen molar-refractivity contribution in [3.05, 3.63) is 18.2 Å². The topological polar surface area (TPSA) is 101 Å². The van der Waals surface area contributed by atoms with Crippen molar-refractivity contribution >= 4 is 27.1 Å². The zero-order chi connectivity index (χ0) is 16.3. The fourth-order valence-electron chi connectivity index (χ4n) is 1.81. The Morgan fingerprint density at radius 2 is 1.90 bits per heavy atom. The summed E-state index contributed by atoms with van der Waals surface area (Å²) in [5, 5.41) is 5.84. The van der Waals surface area contributed by atoms with Crippen molar-refractivity contribution in [1.82, 2.24) is 5.32 Å². The molecule has 0 aliphatic carbocycles. The van der Waals surface area contributed by atoms with Crippen LogP contribution in [-0.2, 0) is 14.6 Å². The lowest BCUT2D eigenvalue weighted by Crippen LogP contribution is -2.41. The Labute approximate surface area is 126 Å². The molecule has 0 heterocycles. The summed E-state index contributed by atoms with van der Waals surface area (Å²) < 4.78 is 23.1. The van der Waals surface area contributed by atoms with Crippen LogP contribution in [0.5, 0.6) is 0 Å². The Bertz CT molecular complexity index is 619. The second-order valence-corrected chi connectivity index (χ2v) is 7.95. The molecule has 0 fully saturated rings. The van der Waals surface area contributed by atoms with E-state index in [1.807, 2.05) is 20.8 Å². The van der Waals surface area contributed by atoms with Crippen LogP contribution in [0.1, 0.15) is 27.2 Å². The van der Waals surface area contributed by atoms with Crippen LogP contribution < -0.4 is 16.4 Å². The van der Waals surface area contributed by atoms with E-state index in [2.05, 4.69) is 10.6 Å². The van der Waals surface area contributed by atoms with E-state index in [0.29, 0.717) is 12.2 Å². The van der Waals surface area contributed by atoms with Gasteiger partial charge in [-0.3, -0.25) is 4.79 Å². The van der Waals surface area contributed by atoms with Crippen LogP contribution in [0, 0.1) is 0 Å². The predicted molar refractivity (Wildman–Crippen MR) is 85.0 cm³/mol. The number of nitrogens with two attached hydrogens (primary N) is 1. The van der Waals surface area contributed by atoms with Crippen LogP contribution in [-0.4, -0.2) is 32.7 Å². The zero-order valence-corrected chi connectivity index (χ0v) is 13.7. The van der Waals surface area contributed by atoms with Crippen molar-refractivity contribution in [1.29, 1.82) is 0 Å². The van der Waals surface area contributed by atoms with E-state index < -0.39 is 9.84 Å². The Hall–Kier alpha value is -1.76. The summed E-state index contributed by atoms with van der Waals surface area (Å²) >= 11 is 0. The van der Waals surface area contributed by atoms with E-state index in [0.717, 1.165) is 6.26 Å². The number of carbonyl (C=O) groups is 1. The second kappa shape index (κ2) is 6.34. The average Bonchev–Trinajstić information content (AvgIpc) is 2.27. The number of nitrogens with one attached hydrogen (secondary N) is 2. The SMILES string of the molecule is CC(C)(C)NC(=O)CCNc1cccc(S(C)(=O)=O)c1N. The van der Waals surface area contributed by atoms with Crippen LogP contribution in [0.15, 0.2) is 23.1 Å². The predicted octanol–water partition coefficient (Wildman–Crippen LogP) is 1.39. The maximum atomic E-state index is 11.7. The summed E-state index contributed by atoms with van der Waals surface area (Å²) in [6.07, 6.45) is 1.39. The number of sulfone groups is 1. The van der Waals surface area contributed by atoms with E-state index in [1.54, 1.807) is 12.1 Å². The first-order valence-electron chi connectivity index (χ1n) is 6.64. The molecule has 0 saturated carbocycles. The molecule has 118 valence electrons. The highest BCUT2D eigenvalue weighted by Gasteiger charge is 2.15. The normalized spacial score (nSPS) is 12.0. The number of benzene rings is 1. The van der Waals surface area contributed by atoms with Gasteiger partial charge in [0, 0.05) is 24.8 Å². The minimum Gasteiger partial charge on any atom is -0.396 e. The molecule has 7 heteroatoms. The summed E-state index contributed by atoms with van der Waals surface area (Å²) in [6, 6.07) is 4.76. The first kappa shape index (κ1) is 17.3. The molecule has 0 saturated heterocycles. The van der Waals surface area contributed by atoms with E-state index in [4.69, 9.17) is 5.73 Å². The van der Waals surface area contributed by atoms with Crippen molar-refractivity contribution in [3.63, 3.8) is 0 Å². The Kier molecular flexibility index (Phi) is 5.22. The number of para-hydroxylation sites is 1. The molecule has 0 radical (unpaired) electrons. The van der Waals surface area contributed by atoms with Crippen LogP contribution in [0.2, 0.25) is 0 Å². The van der Waals surface area contributed by atoms with E-state index >= 15 is 0 Å². The van der Waals surface area contributed by atoms with Gasteiger partial charge in [-0.15, -0.1) is 0 Å². The molecule has 0 spiro atoms. The fourth-order valence-corrected chi connectivity index (χ4v) is 2.65. The molecular formula is C14H23N3O3S. The molecule has 1 amide bonds. The quantitative estimate of drug-likeness (QED) is 0.713. The molecule has 0 aliphatic heterocycles. The van der Waals surface area contributed by atoms with Crippen LogP contribution >= 0.6 is 0 Å². The van der Waals surface area contributed by atoms with Crippen LogP contribution in [0.4, 0.5) is 11.4 Å². The molecule has 0 aliphatic rings. The lowest BCUT2D eigenvalue weighted by Gasteiger charge is -2.20. The summed E-state index contributed by atoms with van der Waals surface area (Å²) in [5.41, 5.74) is 6.27. The van der Waals surface area contributed by atoms with Crippen molar-refractivity contribution in [2.45, 2.75) is 37.6 Å². The first-order valence-corrected chi connectivity index (χ1v) is 8.53. The Morgan fingerprint density at radius 1 is 1.29 bits per heavy atom. The number of carbonyl (C=O) groups excluding carboxylic acids is 1. The zero-order valence-electron chi connectivity index (χ0n) is 12.9. The third kappa shape index (κ3) is 5.63. The third-order valence-corrected chi connectivity index (χ3v) is 3.80. The van der Waals surface area contributed by atoms with Gasteiger partial charge in [0.05, 0.1) is 16.3 Å². The van der Waals surface area contributed by atoms with Gasteiger partial charge < -0.3 is 16.4 Å². The lowest BCUT2D eigenvalue weighted by molar-refractivity contribution is -0.122. The van der Waals surface area contributed by atoms with Crippen molar-refractivity contribution < 1.29 is 13.2 Å². The number of nitrogen functional groups attached to an aromatic ring is 1. The van der Waals surface area contributed by atoms with Crippen LogP contribution in [0.3, 0.4) is 0 Å². The number of hydrogen-bond donors (Lipinski definition) is 3.